The predicted octanol–water partition coefficient (Wildman–Crippen LogP) is -13.2. The molecule has 0 aliphatic carbocycles. The molecular weight excluding hydrogens is 1630 g/mol. The minimum absolute atomic E-state index is 0. The first-order valence-corrected chi connectivity index (χ1v) is 41.1. The number of hydrogen-bond acceptors (Lipinski definition) is 39. The first kappa shape index (κ1) is 103. The van der Waals surface area contributed by atoms with E-state index in [1.165, 1.54) is 56.8 Å². The fourth-order valence-corrected chi connectivity index (χ4v) is 17.6. The van der Waals surface area contributed by atoms with Gasteiger partial charge in [-0.3, -0.25) is 37.7 Å². The molecule has 0 bridgehead atoms. The molecule has 0 spiro atoms. The van der Waals surface area contributed by atoms with Crippen LogP contribution in [-0.4, -0.2) is 308 Å². The Hall–Kier alpha value is -4.65. The molecule has 0 amide bonds. The summed E-state index contributed by atoms with van der Waals surface area (Å²) in [5.74, 6) is -5.89. The highest BCUT2D eigenvalue weighted by molar-refractivity contribution is 7.73. The molecule has 0 saturated carbocycles. The summed E-state index contributed by atoms with van der Waals surface area (Å²) in [4.78, 5) is 259. The highest BCUT2D eigenvalue weighted by Crippen LogP contribution is 2.69. The van der Waals surface area contributed by atoms with Crippen molar-refractivity contribution in [3.8, 4) is 0 Å². The average molecular weight is 1700 g/mol. The number of β-amino-alcohol motifs (C(OH)–C–C–N with tert-alkyl or cyclic N) is 5. The van der Waals surface area contributed by atoms with Crippen LogP contribution < -0.4 is 44.0 Å². The second kappa shape index (κ2) is 37.4. The lowest BCUT2D eigenvalue weighted by Crippen LogP contribution is -2.52. The summed E-state index contributed by atoms with van der Waals surface area (Å²) >= 11 is 0. The van der Waals surface area contributed by atoms with Crippen molar-refractivity contribution in [2.45, 2.75) is 47.7 Å². The summed E-state index contributed by atoms with van der Waals surface area (Å²) < 4.78 is 110. The van der Waals surface area contributed by atoms with E-state index in [9.17, 15) is 139 Å². The SMILES string of the molecule is C.C.C.O=C(O)CN1C=CN(CC(O)(P(=O)(O)O)P(=O)(O)O)C1.O=C(O)CN1C=CN(CC(O)(P(=O)([O-])O)P(=O)(O)O)C1.O=C(O)CN1C=CN(CC(O)(P(=O)([O-])O)P(=O)([O-])O)C1.O=C(O)CN1C=CN(CC(O)(P(=O)([O-])O)P(=O)([O-])O)C1.O=C(O)CN1C=CN(CC(O)(P(=O)([O-])[O-])P(=O)([O-])[O-])C1. The highest BCUT2D eigenvalue weighted by atomic mass is 31.3. The second-order valence-electron chi connectivity index (χ2n) is 20.7. The van der Waals surface area contributed by atoms with Gasteiger partial charge in [0.1, 0.15) is 37.8 Å². The van der Waals surface area contributed by atoms with Crippen LogP contribution in [0.3, 0.4) is 0 Å². The molecule has 21 N–H and O–H groups in total. The Labute approximate surface area is 580 Å². The quantitative estimate of drug-likeness (QED) is 0.0297. The minimum atomic E-state index is -6.15. The van der Waals surface area contributed by atoms with Gasteiger partial charge in [0.25, 0.3) is 5.08 Å². The van der Waals surface area contributed by atoms with Gasteiger partial charge < -0.3 is 230 Å². The van der Waals surface area contributed by atoms with Crippen molar-refractivity contribution < 1.29 is 219 Å². The molecule has 6 unspecified atom stereocenters. The van der Waals surface area contributed by atoms with Gasteiger partial charge in [-0.25, -0.2) is 0 Å². The van der Waals surface area contributed by atoms with Crippen molar-refractivity contribution in [1.29, 1.82) is 0 Å². The fourth-order valence-electron chi connectivity index (χ4n) is 7.54. The third kappa shape index (κ3) is 28.8. The summed E-state index contributed by atoms with van der Waals surface area (Å²) in [6.07, 6.45) is 11.7. The van der Waals surface area contributed by atoms with Gasteiger partial charge in [-0.15, -0.1) is 0 Å². The molecule has 5 rings (SSSR count). The van der Waals surface area contributed by atoms with Crippen LogP contribution in [0.2, 0.25) is 0 Å². The molecule has 0 aromatic rings. The van der Waals surface area contributed by atoms with Crippen molar-refractivity contribution in [2.75, 3.05) is 98.8 Å². The van der Waals surface area contributed by atoms with Crippen molar-refractivity contribution >= 4 is 106 Å². The van der Waals surface area contributed by atoms with Gasteiger partial charge in [-0.1, -0.05) is 22.3 Å². The molecule has 55 nitrogen and oxygen atoms in total. The molecule has 0 aromatic carbocycles. The molecule has 0 saturated heterocycles. The Balaban J connectivity index is -0.00000120. The first-order valence-electron chi connectivity index (χ1n) is 25.3. The van der Waals surface area contributed by atoms with E-state index >= 15 is 0 Å². The van der Waals surface area contributed by atoms with E-state index in [0.717, 1.165) is 54.2 Å². The molecule has 5 aliphatic heterocycles. The first-order chi connectivity index (χ1) is 44.3. The van der Waals surface area contributed by atoms with E-state index in [0.29, 0.717) is 0 Å². The van der Waals surface area contributed by atoms with Crippen LogP contribution in [0.4, 0.5) is 0 Å². The van der Waals surface area contributed by atoms with Gasteiger partial charge in [-0.2, -0.15) is 0 Å². The summed E-state index contributed by atoms with van der Waals surface area (Å²) in [5, 5.41) is 71.8. The van der Waals surface area contributed by atoms with E-state index in [1.807, 2.05) is 0 Å². The van der Waals surface area contributed by atoms with Crippen molar-refractivity contribution in [1.82, 2.24) is 49.0 Å². The van der Waals surface area contributed by atoms with Crippen LogP contribution in [0.15, 0.2) is 62.0 Å². The molecule has 103 heavy (non-hydrogen) atoms. The number of aliphatic hydroxyl groups is 5. The summed E-state index contributed by atoms with van der Waals surface area (Å²) in [6.45, 7) is -9.15. The number of carbonyl (C=O) groups is 5. The topological polar surface area (TPSA) is 921 Å². The lowest BCUT2D eigenvalue weighted by molar-refractivity contribution is -0.349. The number of carboxylic acids is 5. The lowest BCUT2D eigenvalue weighted by Gasteiger charge is -2.56. The molecule has 65 heteroatoms. The molecule has 604 valence electrons. The van der Waals surface area contributed by atoms with E-state index in [-0.39, 0.29) is 55.6 Å². The Bertz CT molecular complexity index is 2970. The largest absolute Gasteiger partial charge is 0.808 e. The molecular formula is C38H73N10O45P10-9. The van der Waals surface area contributed by atoms with Gasteiger partial charge in [0.2, 0.25) is 15.2 Å². The van der Waals surface area contributed by atoms with Gasteiger partial charge in [-0.05, 0) is 15.2 Å². The number of carboxylic acid groups (broad SMARTS) is 5. The van der Waals surface area contributed by atoms with Gasteiger partial charge in [0.05, 0.1) is 66.1 Å². The van der Waals surface area contributed by atoms with Crippen LogP contribution in [0.25, 0.3) is 0 Å². The zero-order valence-corrected chi connectivity index (χ0v) is 58.5. The Morgan fingerprint density at radius 3 is 0.534 bits per heavy atom. The molecule has 0 fully saturated rings. The predicted molar refractivity (Wildman–Crippen MR) is 321 cm³/mol. The van der Waals surface area contributed by atoms with E-state index in [4.69, 9.17) is 79.4 Å². The minimum Gasteiger partial charge on any atom is -0.808 e. The Morgan fingerprint density at radius 1 is 0.262 bits per heavy atom. The lowest BCUT2D eigenvalue weighted by atomic mass is 10.6. The van der Waals surface area contributed by atoms with E-state index in [1.54, 1.807) is 0 Å². The normalized spacial score (nSPS) is 20.1. The zero-order valence-electron chi connectivity index (χ0n) is 49.5. The maximum Gasteiger partial charge on any atom is 0.371 e. The summed E-state index contributed by atoms with van der Waals surface area (Å²) in [6, 6.07) is 0. The van der Waals surface area contributed by atoms with Crippen LogP contribution in [0, 0.1) is 0 Å². The molecule has 5 aliphatic rings. The monoisotopic (exact) mass is 1700 g/mol. The van der Waals surface area contributed by atoms with Crippen LogP contribution in [0.5, 0.6) is 0 Å². The number of hydrogen-bond donors (Lipinski definition) is 21. The Morgan fingerprint density at radius 2 is 0.398 bits per heavy atom. The highest BCUT2D eigenvalue weighted by Gasteiger charge is 2.61. The second-order valence-corrected chi connectivity index (χ2v) is 40.4. The van der Waals surface area contributed by atoms with Gasteiger partial charge in [0.15, 0.2) is 38.0 Å². The third-order valence-corrected chi connectivity index (χ3v) is 30.7. The van der Waals surface area contributed by atoms with Gasteiger partial charge >= 0.3 is 52.6 Å². The van der Waals surface area contributed by atoms with Crippen LogP contribution >= 0.6 is 76.0 Å². The molecule has 0 aromatic heterocycles. The average Bonchev–Trinajstić information content (AvgIpc) is 1.58. The van der Waals surface area contributed by atoms with Crippen molar-refractivity contribution in [3.63, 3.8) is 0 Å². The van der Waals surface area contributed by atoms with Crippen LogP contribution in [0.1, 0.15) is 22.3 Å². The van der Waals surface area contributed by atoms with E-state index < -0.39 is 197 Å². The summed E-state index contributed by atoms with van der Waals surface area (Å²) in [5.41, 5.74) is 0. The van der Waals surface area contributed by atoms with Crippen LogP contribution in [-0.2, 0) is 69.6 Å². The summed E-state index contributed by atoms with van der Waals surface area (Å²) in [7, 11) is -58.1. The molecule has 5 heterocycles. The van der Waals surface area contributed by atoms with E-state index in [2.05, 4.69) is 0 Å². The van der Waals surface area contributed by atoms with Crippen molar-refractivity contribution in [2.24, 2.45) is 0 Å². The zero-order chi connectivity index (χ0) is 78.8. The maximum atomic E-state index is 11.1. The number of aliphatic carboxylic acids is 5. The standard InChI is InChI=1S/5C7H14N2O9P2.3CH4/c5*10-6(11)3-8-1-2-9(5-8)4-7(12,19(13,14)15)20(16,17)18;;;/h5*1-2,12H,3-5H2,(H,10,11)(H2,13,14,15)(H2,16,17,18);3*1H4/p-9. The number of rotatable bonds is 30. The molecule has 6 atom stereocenters. The fraction of sp³-hybridized carbons (Fsp3) is 0.605. The molecule has 0 radical (unpaired) electrons. The van der Waals surface area contributed by atoms with Gasteiger partial charge in [0, 0.05) is 62.0 Å². The smallest absolute Gasteiger partial charge is 0.371 e. The Kier molecular flexibility index (Phi) is 37.3. The maximum absolute atomic E-state index is 11.1. The third-order valence-electron chi connectivity index (χ3n) is 12.6. The number of nitrogens with zero attached hydrogens (tertiary/aromatic N) is 10. The van der Waals surface area contributed by atoms with Crippen molar-refractivity contribution in [3.05, 3.63) is 62.0 Å².